The van der Waals surface area contributed by atoms with Gasteiger partial charge in [-0.25, -0.2) is 0 Å². The Morgan fingerprint density at radius 3 is 2.43 bits per heavy atom. The topological polar surface area (TPSA) is 12.9 Å². The maximum absolute atomic E-state index is 4.45. The second-order valence-electron chi connectivity index (χ2n) is 3.94. The lowest BCUT2D eigenvalue weighted by Crippen LogP contribution is -2.01. The predicted molar refractivity (Wildman–Crippen MR) is 65.0 cm³/mol. The Bertz CT molecular complexity index is 307. The minimum absolute atomic E-state index is 0.518. The van der Waals surface area contributed by atoms with Gasteiger partial charge in [0.2, 0.25) is 0 Å². The smallest absolute Gasteiger partial charge is 0.0461 e. The van der Waals surface area contributed by atoms with E-state index in [4.69, 9.17) is 0 Å². The number of hydrogen-bond donors (Lipinski definition) is 0. The predicted octanol–water partition coefficient (Wildman–Crippen LogP) is 3.94. The summed E-state index contributed by atoms with van der Waals surface area (Å²) in [5.41, 5.74) is 4.03. The van der Waals surface area contributed by atoms with Crippen LogP contribution in [0.5, 0.6) is 0 Å². The third-order valence-corrected chi connectivity index (χ3v) is 3.58. The molecule has 1 heterocycles. The van der Waals surface area contributed by atoms with Crippen LogP contribution in [0.2, 0.25) is 0 Å². The minimum atomic E-state index is 0.518. The third kappa shape index (κ3) is 2.30. The highest BCUT2D eigenvalue weighted by Gasteiger charge is 2.12. The van der Waals surface area contributed by atoms with Gasteiger partial charge in [0, 0.05) is 17.1 Å². The van der Waals surface area contributed by atoms with Crippen LogP contribution in [0.25, 0.3) is 0 Å². The van der Waals surface area contributed by atoms with E-state index in [1.54, 1.807) is 0 Å². The van der Waals surface area contributed by atoms with Crippen molar-refractivity contribution in [1.29, 1.82) is 0 Å². The van der Waals surface area contributed by atoms with Gasteiger partial charge in [-0.2, -0.15) is 11.8 Å². The zero-order valence-electron chi connectivity index (χ0n) is 9.66. The highest BCUT2D eigenvalue weighted by atomic mass is 32.2. The molecule has 2 heteroatoms. The van der Waals surface area contributed by atoms with E-state index in [-0.39, 0.29) is 0 Å². The first-order valence-corrected chi connectivity index (χ1v) is 6.35. The molecule has 0 amide bonds. The van der Waals surface area contributed by atoms with Crippen LogP contribution in [-0.4, -0.2) is 11.2 Å². The van der Waals surface area contributed by atoms with Gasteiger partial charge in [-0.3, -0.25) is 4.98 Å². The summed E-state index contributed by atoms with van der Waals surface area (Å²) in [4.78, 5) is 4.45. The van der Waals surface area contributed by atoms with Gasteiger partial charge in [-0.05, 0) is 43.2 Å². The van der Waals surface area contributed by atoms with E-state index in [0.29, 0.717) is 11.2 Å². The van der Waals surface area contributed by atoms with Crippen LogP contribution in [-0.2, 0) is 0 Å². The van der Waals surface area contributed by atoms with E-state index in [2.05, 4.69) is 45.0 Å². The molecule has 0 aliphatic heterocycles. The molecule has 0 N–H and O–H groups in total. The Morgan fingerprint density at radius 2 is 1.93 bits per heavy atom. The molecule has 1 unspecified atom stereocenters. The number of aromatic nitrogens is 1. The molecule has 0 aliphatic rings. The number of rotatable bonds is 3. The molecule has 1 aromatic rings. The first kappa shape index (κ1) is 11.6. The van der Waals surface area contributed by atoms with E-state index in [1.807, 2.05) is 18.0 Å². The molecule has 0 radical (unpaired) electrons. The van der Waals surface area contributed by atoms with Gasteiger partial charge in [-0.1, -0.05) is 13.8 Å². The van der Waals surface area contributed by atoms with Crippen molar-refractivity contribution in [3.05, 3.63) is 29.1 Å². The summed E-state index contributed by atoms with van der Waals surface area (Å²) in [5.74, 6) is 0.518. The van der Waals surface area contributed by atoms with Gasteiger partial charge in [-0.15, -0.1) is 0 Å². The molecule has 0 fully saturated rings. The molecular weight excluding hydrogens is 190 g/mol. The highest BCUT2D eigenvalue weighted by molar-refractivity contribution is 7.98. The lowest BCUT2D eigenvalue weighted by atomic mass is 9.99. The van der Waals surface area contributed by atoms with Crippen molar-refractivity contribution in [3.8, 4) is 0 Å². The van der Waals surface area contributed by atoms with Crippen molar-refractivity contribution < 1.29 is 0 Å². The van der Waals surface area contributed by atoms with E-state index in [0.717, 1.165) is 0 Å². The van der Waals surface area contributed by atoms with E-state index in [1.165, 1.54) is 16.8 Å². The van der Waals surface area contributed by atoms with Crippen molar-refractivity contribution in [2.45, 2.75) is 38.9 Å². The van der Waals surface area contributed by atoms with Crippen molar-refractivity contribution in [1.82, 2.24) is 4.98 Å². The summed E-state index contributed by atoms with van der Waals surface area (Å²) < 4.78 is 0. The second kappa shape index (κ2) is 4.83. The molecule has 1 nitrogen and oxygen atoms in total. The first-order chi connectivity index (χ1) is 6.57. The third-order valence-electron chi connectivity index (χ3n) is 2.62. The monoisotopic (exact) mass is 209 g/mol. The van der Waals surface area contributed by atoms with Crippen LogP contribution < -0.4 is 0 Å². The Kier molecular flexibility index (Phi) is 3.99. The van der Waals surface area contributed by atoms with Gasteiger partial charge in [0.15, 0.2) is 0 Å². The molecule has 1 atom stereocenters. The molecule has 0 saturated heterocycles. The van der Waals surface area contributed by atoms with E-state index in [9.17, 15) is 0 Å². The quantitative estimate of drug-likeness (QED) is 0.748. The van der Waals surface area contributed by atoms with Gasteiger partial charge in [0.1, 0.15) is 0 Å². The molecule has 0 bridgehead atoms. The number of hydrogen-bond acceptors (Lipinski definition) is 2. The lowest BCUT2D eigenvalue weighted by Gasteiger charge is -2.16. The van der Waals surface area contributed by atoms with Crippen molar-refractivity contribution >= 4 is 11.8 Å². The minimum Gasteiger partial charge on any atom is -0.261 e. The van der Waals surface area contributed by atoms with Gasteiger partial charge in [0.25, 0.3) is 0 Å². The zero-order chi connectivity index (χ0) is 10.7. The second-order valence-corrected chi connectivity index (χ2v) is 5.12. The van der Waals surface area contributed by atoms with Crippen molar-refractivity contribution in [2.75, 3.05) is 6.26 Å². The normalized spacial score (nSPS) is 13.3. The lowest BCUT2D eigenvalue weighted by molar-refractivity contribution is 0.803. The van der Waals surface area contributed by atoms with Crippen LogP contribution in [0.4, 0.5) is 0 Å². The van der Waals surface area contributed by atoms with Crippen LogP contribution in [0.3, 0.4) is 0 Å². The average Bonchev–Trinajstić information content (AvgIpc) is 2.16. The number of nitrogens with zero attached hydrogens (tertiary/aromatic N) is 1. The Morgan fingerprint density at radius 1 is 1.29 bits per heavy atom. The van der Waals surface area contributed by atoms with Crippen molar-refractivity contribution in [3.63, 3.8) is 0 Å². The summed E-state index contributed by atoms with van der Waals surface area (Å²) in [7, 11) is 0. The number of thioether (sulfide) groups is 1. The summed E-state index contributed by atoms with van der Waals surface area (Å²) in [6, 6.07) is 2.14. The molecule has 0 saturated carbocycles. The summed E-state index contributed by atoms with van der Waals surface area (Å²) in [5, 5.41) is 0.565. The highest BCUT2D eigenvalue weighted by Crippen LogP contribution is 2.30. The fourth-order valence-electron chi connectivity index (χ4n) is 1.72. The first-order valence-electron chi connectivity index (χ1n) is 5.06. The van der Waals surface area contributed by atoms with E-state index < -0.39 is 0 Å². The molecule has 78 valence electrons. The summed E-state index contributed by atoms with van der Waals surface area (Å²) in [6.07, 6.45) is 4.09. The fraction of sp³-hybridized carbons (Fsp3) is 0.583. The van der Waals surface area contributed by atoms with Gasteiger partial charge >= 0.3 is 0 Å². The molecule has 14 heavy (non-hydrogen) atoms. The molecule has 0 aliphatic carbocycles. The average molecular weight is 209 g/mol. The van der Waals surface area contributed by atoms with Gasteiger partial charge in [0.05, 0.1) is 0 Å². The standard InChI is InChI=1S/C12H19NS/c1-8(2)12-9(3)11(6-7-13-12)10(4)14-5/h6-8,10H,1-5H3. The maximum atomic E-state index is 4.45. The SMILES string of the molecule is CSC(C)c1ccnc(C(C)C)c1C. The Labute approximate surface area is 91.3 Å². The van der Waals surface area contributed by atoms with Crippen LogP contribution >= 0.6 is 11.8 Å². The van der Waals surface area contributed by atoms with Crippen LogP contribution in [0, 0.1) is 6.92 Å². The maximum Gasteiger partial charge on any atom is 0.0461 e. The van der Waals surface area contributed by atoms with Crippen LogP contribution in [0.15, 0.2) is 12.3 Å². The summed E-state index contributed by atoms with van der Waals surface area (Å²) >= 11 is 1.88. The largest absolute Gasteiger partial charge is 0.261 e. The molecule has 1 aromatic heterocycles. The number of pyridine rings is 1. The summed E-state index contributed by atoms with van der Waals surface area (Å²) in [6.45, 7) is 8.83. The van der Waals surface area contributed by atoms with Crippen molar-refractivity contribution in [2.24, 2.45) is 0 Å². The zero-order valence-corrected chi connectivity index (χ0v) is 10.5. The van der Waals surface area contributed by atoms with Crippen LogP contribution in [0.1, 0.15) is 48.8 Å². The fourth-order valence-corrected chi connectivity index (χ4v) is 2.23. The Balaban J connectivity index is 3.13. The molecule has 0 aromatic carbocycles. The van der Waals surface area contributed by atoms with E-state index >= 15 is 0 Å². The molecule has 0 spiro atoms. The molecule has 1 rings (SSSR count). The van der Waals surface area contributed by atoms with Gasteiger partial charge < -0.3 is 0 Å². The Hall–Kier alpha value is -0.500. The molecular formula is C12H19NS.